The lowest BCUT2D eigenvalue weighted by molar-refractivity contribution is 0.0604. The molecular weight excluding hydrogens is 464 g/mol. The van der Waals surface area contributed by atoms with Crippen LogP contribution in [0.5, 0.6) is 0 Å². The minimum Gasteiger partial charge on any atom is -0.381 e. The minimum atomic E-state index is -3.18. The summed E-state index contributed by atoms with van der Waals surface area (Å²) in [5.41, 5.74) is 7.02. The molecule has 1 saturated heterocycles. The molecule has 0 bridgehead atoms. The summed E-state index contributed by atoms with van der Waals surface area (Å²) in [6, 6.07) is 10.4. The van der Waals surface area contributed by atoms with E-state index in [4.69, 9.17) is 4.74 Å². The van der Waals surface area contributed by atoms with Gasteiger partial charge in [-0.25, -0.2) is 18.1 Å². The predicted molar refractivity (Wildman–Crippen MR) is 135 cm³/mol. The third kappa shape index (κ3) is 4.37. The monoisotopic (exact) mass is 492 g/mol. The molecule has 6 rings (SSSR count). The summed E-state index contributed by atoms with van der Waals surface area (Å²) in [5, 5.41) is 9.85. The van der Waals surface area contributed by atoms with Gasteiger partial charge in [-0.2, -0.15) is 4.31 Å². The molecule has 9 nitrogen and oxygen atoms in total. The number of sulfonamides is 1. The van der Waals surface area contributed by atoms with E-state index in [1.807, 2.05) is 29.1 Å². The van der Waals surface area contributed by atoms with E-state index in [-0.39, 0.29) is 0 Å². The van der Waals surface area contributed by atoms with Crippen molar-refractivity contribution in [2.45, 2.75) is 25.8 Å². The van der Waals surface area contributed by atoms with Gasteiger partial charge >= 0.3 is 0 Å². The van der Waals surface area contributed by atoms with E-state index in [0.29, 0.717) is 25.4 Å². The van der Waals surface area contributed by atoms with Crippen LogP contribution < -0.4 is 0 Å². The number of fused-ring (bicyclic) bond motifs is 2. The topological polar surface area (TPSA) is 106 Å². The summed E-state index contributed by atoms with van der Waals surface area (Å²) in [6.07, 6.45) is 7.83. The smallest absolute Gasteiger partial charge is 0.211 e. The van der Waals surface area contributed by atoms with Gasteiger partial charge in [0.05, 0.1) is 11.8 Å². The van der Waals surface area contributed by atoms with Crippen LogP contribution in [-0.2, 0) is 21.3 Å². The van der Waals surface area contributed by atoms with Gasteiger partial charge in [-0.15, -0.1) is 5.10 Å². The lowest BCUT2D eigenvalue weighted by Gasteiger charge is -2.23. The van der Waals surface area contributed by atoms with Crippen LogP contribution in [0, 0.1) is 5.92 Å². The number of hydrogen-bond donors (Lipinski definition) is 1. The van der Waals surface area contributed by atoms with Crippen LogP contribution in [0.25, 0.3) is 38.8 Å². The van der Waals surface area contributed by atoms with E-state index in [0.717, 1.165) is 77.1 Å². The van der Waals surface area contributed by atoms with Gasteiger partial charge in [-0.05, 0) is 66.1 Å². The quantitative estimate of drug-likeness (QED) is 0.457. The van der Waals surface area contributed by atoms with Crippen LogP contribution in [0.1, 0.15) is 25.0 Å². The van der Waals surface area contributed by atoms with Gasteiger partial charge in [-0.1, -0.05) is 17.4 Å². The van der Waals surface area contributed by atoms with Crippen molar-refractivity contribution in [2.24, 2.45) is 5.92 Å². The Balaban J connectivity index is 1.34. The SMILES string of the molecule is CS(=O)(=O)N1CC=C(c2cc3c(-c4ccc5nnn(CC6CCOCC6)c5c4)ccnc3[nH]2)CC1. The molecule has 4 aromatic rings. The Hall–Kier alpha value is -3.08. The first kappa shape index (κ1) is 22.4. The highest BCUT2D eigenvalue weighted by atomic mass is 32.2. The molecule has 10 heteroatoms. The van der Waals surface area contributed by atoms with Crippen molar-refractivity contribution in [3.05, 3.63) is 48.3 Å². The van der Waals surface area contributed by atoms with E-state index in [2.05, 4.69) is 38.5 Å². The second-order valence-corrected chi connectivity index (χ2v) is 11.4. The molecule has 0 aliphatic carbocycles. The zero-order valence-electron chi connectivity index (χ0n) is 19.6. The Bertz CT molecular complexity index is 1530. The number of rotatable bonds is 5. The van der Waals surface area contributed by atoms with Gasteiger partial charge in [-0.3, -0.25) is 0 Å². The van der Waals surface area contributed by atoms with Crippen LogP contribution in [-0.4, -0.2) is 70.2 Å². The molecular formula is C25H28N6O3S. The zero-order valence-corrected chi connectivity index (χ0v) is 20.5. The normalized spacial score (nSPS) is 18.4. The van der Waals surface area contributed by atoms with E-state index in [1.165, 1.54) is 10.6 Å². The maximum atomic E-state index is 11.8. The molecule has 35 heavy (non-hydrogen) atoms. The summed E-state index contributed by atoms with van der Waals surface area (Å²) < 4.78 is 32.7. The summed E-state index contributed by atoms with van der Waals surface area (Å²) in [4.78, 5) is 7.99. The highest BCUT2D eigenvalue weighted by Crippen LogP contribution is 2.33. The number of ether oxygens (including phenoxy) is 1. The van der Waals surface area contributed by atoms with Gasteiger partial charge in [0.25, 0.3) is 0 Å². The first-order valence-electron chi connectivity index (χ1n) is 12.0. The van der Waals surface area contributed by atoms with Gasteiger partial charge in [0.2, 0.25) is 10.0 Å². The number of H-pyrrole nitrogens is 1. The minimum absolute atomic E-state index is 0.393. The molecule has 2 aliphatic heterocycles. The fourth-order valence-corrected chi connectivity index (χ4v) is 5.86. The summed E-state index contributed by atoms with van der Waals surface area (Å²) in [6.45, 7) is 3.36. The fraction of sp³-hybridized carbons (Fsp3) is 0.400. The fourth-order valence-electron chi connectivity index (χ4n) is 5.09. The third-order valence-corrected chi connectivity index (χ3v) is 8.39. The Kier molecular flexibility index (Phi) is 5.66. The number of nitrogens with one attached hydrogen (secondary N) is 1. The number of nitrogens with zero attached hydrogens (tertiary/aromatic N) is 5. The maximum absolute atomic E-state index is 11.8. The Morgan fingerprint density at radius 1 is 1.17 bits per heavy atom. The molecule has 1 aromatic carbocycles. The van der Waals surface area contributed by atoms with Crippen LogP contribution >= 0.6 is 0 Å². The maximum Gasteiger partial charge on any atom is 0.211 e. The van der Waals surface area contributed by atoms with E-state index in [9.17, 15) is 8.42 Å². The molecule has 1 N–H and O–H groups in total. The van der Waals surface area contributed by atoms with Crippen molar-refractivity contribution >= 4 is 37.7 Å². The van der Waals surface area contributed by atoms with Crippen LogP contribution in [0.3, 0.4) is 0 Å². The molecule has 0 atom stereocenters. The Morgan fingerprint density at radius 2 is 2.03 bits per heavy atom. The van der Waals surface area contributed by atoms with Crippen molar-refractivity contribution in [1.82, 2.24) is 29.3 Å². The first-order chi connectivity index (χ1) is 17.0. The van der Waals surface area contributed by atoms with Gasteiger partial charge < -0.3 is 9.72 Å². The Labute approximate surface area is 203 Å². The highest BCUT2D eigenvalue weighted by Gasteiger charge is 2.22. The van der Waals surface area contributed by atoms with Gasteiger partial charge in [0, 0.05) is 50.1 Å². The second kappa shape index (κ2) is 8.85. The van der Waals surface area contributed by atoms with Crippen molar-refractivity contribution in [1.29, 1.82) is 0 Å². The predicted octanol–water partition coefficient (Wildman–Crippen LogP) is 3.45. The molecule has 0 radical (unpaired) electrons. The molecule has 3 aromatic heterocycles. The second-order valence-electron chi connectivity index (χ2n) is 9.43. The lowest BCUT2D eigenvalue weighted by atomic mass is 10.00. The average Bonchev–Trinajstić information content (AvgIpc) is 3.48. The molecule has 0 amide bonds. The van der Waals surface area contributed by atoms with Crippen LogP contribution in [0.4, 0.5) is 0 Å². The largest absolute Gasteiger partial charge is 0.381 e. The summed E-state index contributed by atoms with van der Waals surface area (Å²) in [5.74, 6) is 0.555. The third-order valence-electron chi connectivity index (χ3n) is 7.12. The highest BCUT2D eigenvalue weighted by molar-refractivity contribution is 7.88. The summed E-state index contributed by atoms with van der Waals surface area (Å²) >= 11 is 0. The number of hydrogen-bond acceptors (Lipinski definition) is 6. The Morgan fingerprint density at radius 3 is 2.80 bits per heavy atom. The molecule has 1 fully saturated rings. The molecule has 5 heterocycles. The van der Waals surface area contributed by atoms with Crippen LogP contribution in [0.15, 0.2) is 42.6 Å². The van der Waals surface area contributed by atoms with Crippen LogP contribution in [0.2, 0.25) is 0 Å². The van der Waals surface area contributed by atoms with Gasteiger partial charge in [0.1, 0.15) is 11.2 Å². The molecule has 0 unspecified atom stereocenters. The number of benzene rings is 1. The van der Waals surface area contributed by atoms with Crippen molar-refractivity contribution in [3.63, 3.8) is 0 Å². The van der Waals surface area contributed by atoms with Gasteiger partial charge in [0.15, 0.2) is 0 Å². The number of aromatic nitrogens is 5. The zero-order chi connectivity index (χ0) is 24.0. The summed E-state index contributed by atoms with van der Waals surface area (Å²) in [7, 11) is -3.18. The van der Waals surface area contributed by atoms with E-state index < -0.39 is 10.0 Å². The van der Waals surface area contributed by atoms with E-state index in [1.54, 1.807) is 0 Å². The number of pyridine rings is 1. The van der Waals surface area contributed by atoms with Crippen molar-refractivity contribution in [3.8, 4) is 11.1 Å². The lowest BCUT2D eigenvalue weighted by Crippen LogP contribution is -2.33. The molecule has 182 valence electrons. The van der Waals surface area contributed by atoms with E-state index >= 15 is 0 Å². The molecule has 0 spiro atoms. The number of aromatic amines is 1. The molecule has 0 saturated carbocycles. The standard InChI is InChI=1S/C25H28N6O3S/c1-35(32,33)30-10-5-18(6-11-30)23-15-21-20(4-9-26-25(21)27-23)19-2-3-22-24(14-19)31(29-28-22)16-17-7-12-34-13-8-17/h2-5,9,14-15,17H,6-8,10-13,16H2,1H3,(H,26,27). The molecule has 2 aliphatic rings. The van der Waals surface area contributed by atoms with Crippen molar-refractivity contribution in [2.75, 3.05) is 32.6 Å². The van der Waals surface area contributed by atoms with Crippen molar-refractivity contribution < 1.29 is 13.2 Å². The first-order valence-corrected chi connectivity index (χ1v) is 13.8. The average molecular weight is 493 g/mol.